The summed E-state index contributed by atoms with van der Waals surface area (Å²) >= 11 is 0. The molecule has 18 heavy (non-hydrogen) atoms. The van der Waals surface area contributed by atoms with E-state index in [4.69, 9.17) is 0 Å². The minimum atomic E-state index is -0.0356. The smallest absolute Gasteiger partial charge is 0.267 e. The van der Waals surface area contributed by atoms with Crippen LogP contribution in [0.2, 0.25) is 0 Å². The van der Waals surface area contributed by atoms with Crippen molar-refractivity contribution >= 4 is 5.91 Å². The van der Waals surface area contributed by atoms with E-state index in [1.54, 1.807) is 7.05 Å². The molecule has 0 fully saturated rings. The van der Waals surface area contributed by atoms with Gasteiger partial charge in [-0.1, -0.05) is 48.5 Å². The SMILES string of the molecule is CN(NCc1ccccc1)C(=O)c1ccccc1. The summed E-state index contributed by atoms with van der Waals surface area (Å²) in [6.07, 6.45) is 0. The fourth-order valence-electron chi connectivity index (χ4n) is 1.65. The van der Waals surface area contributed by atoms with E-state index in [9.17, 15) is 4.79 Å². The van der Waals surface area contributed by atoms with Crippen LogP contribution in [0.15, 0.2) is 60.7 Å². The molecule has 0 atom stereocenters. The molecule has 3 heteroatoms. The lowest BCUT2D eigenvalue weighted by molar-refractivity contribution is 0.0712. The molecule has 0 radical (unpaired) electrons. The largest absolute Gasteiger partial charge is 0.277 e. The molecule has 1 amide bonds. The minimum Gasteiger partial charge on any atom is -0.277 e. The average molecular weight is 240 g/mol. The zero-order valence-corrected chi connectivity index (χ0v) is 10.3. The molecule has 0 aliphatic heterocycles. The van der Waals surface area contributed by atoms with Gasteiger partial charge in [-0.05, 0) is 17.7 Å². The van der Waals surface area contributed by atoms with Gasteiger partial charge in [0.15, 0.2) is 0 Å². The Morgan fingerprint density at radius 2 is 1.56 bits per heavy atom. The normalized spacial score (nSPS) is 10.1. The second-order valence-electron chi connectivity index (χ2n) is 4.05. The summed E-state index contributed by atoms with van der Waals surface area (Å²) in [6.45, 7) is 0.635. The van der Waals surface area contributed by atoms with Crippen molar-refractivity contribution in [2.45, 2.75) is 6.54 Å². The molecule has 0 spiro atoms. The van der Waals surface area contributed by atoms with Crippen molar-refractivity contribution in [1.82, 2.24) is 10.4 Å². The maximum Gasteiger partial charge on any atom is 0.267 e. The summed E-state index contributed by atoms with van der Waals surface area (Å²) in [6, 6.07) is 19.2. The van der Waals surface area contributed by atoms with E-state index in [0.29, 0.717) is 12.1 Å². The van der Waals surface area contributed by atoms with Crippen LogP contribution in [0.4, 0.5) is 0 Å². The Kier molecular flexibility index (Phi) is 4.10. The van der Waals surface area contributed by atoms with Crippen molar-refractivity contribution < 1.29 is 4.79 Å². The Morgan fingerprint density at radius 1 is 1.00 bits per heavy atom. The first-order valence-electron chi connectivity index (χ1n) is 5.88. The van der Waals surface area contributed by atoms with Gasteiger partial charge in [0.2, 0.25) is 0 Å². The molecule has 2 aromatic carbocycles. The Balaban J connectivity index is 1.93. The van der Waals surface area contributed by atoms with Gasteiger partial charge >= 0.3 is 0 Å². The lowest BCUT2D eigenvalue weighted by Gasteiger charge is -2.18. The molecule has 0 saturated heterocycles. The lowest BCUT2D eigenvalue weighted by Crippen LogP contribution is -2.39. The molecule has 0 saturated carbocycles. The maximum atomic E-state index is 12.0. The number of benzene rings is 2. The molecular weight excluding hydrogens is 224 g/mol. The molecule has 0 bridgehead atoms. The highest BCUT2D eigenvalue weighted by Crippen LogP contribution is 2.02. The molecular formula is C15H16N2O. The van der Waals surface area contributed by atoms with Gasteiger partial charge in [0.1, 0.15) is 0 Å². The van der Waals surface area contributed by atoms with Gasteiger partial charge in [0.05, 0.1) is 0 Å². The monoisotopic (exact) mass is 240 g/mol. The number of carbonyl (C=O) groups is 1. The number of nitrogens with one attached hydrogen (secondary N) is 1. The molecule has 1 N–H and O–H groups in total. The van der Waals surface area contributed by atoms with Gasteiger partial charge in [-0.3, -0.25) is 9.80 Å². The van der Waals surface area contributed by atoms with Crippen LogP contribution >= 0.6 is 0 Å². The van der Waals surface area contributed by atoms with Gasteiger partial charge in [0, 0.05) is 19.2 Å². The first-order valence-corrected chi connectivity index (χ1v) is 5.88. The van der Waals surface area contributed by atoms with E-state index >= 15 is 0 Å². The lowest BCUT2D eigenvalue weighted by atomic mass is 10.2. The predicted molar refractivity (Wildman–Crippen MR) is 71.8 cm³/mol. The third kappa shape index (κ3) is 3.18. The molecule has 2 aromatic rings. The first kappa shape index (κ1) is 12.3. The van der Waals surface area contributed by atoms with Crippen LogP contribution in [-0.2, 0) is 6.54 Å². The van der Waals surface area contributed by atoms with Crippen LogP contribution in [0, 0.1) is 0 Å². The van der Waals surface area contributed by atoms with Crippen LogP contribution in [-0.4, -0.2) is 18.0 Å². The number of hydrazine groups is 1. The van der Waals surface area contributed by atoms with Crippen molar-refractivity contribution in [2.75, 3.05) is 7.05 Å². The number of nitrogens with zero attached hydrogens (tertiary/aromatic N) is 1. The highest BCUT2D eigenvalue weighted by atomic mass is 16.2. The van der Waals surface area contributed by atoms with E-state index in [2.05, 4.69) is 5.43 Å². The van der Waals surface area contributed by atoms with Gasteiger partial charge in [0.25, 0.3) is 5.91 Å². The Hall–Kier alpha value is -2.13. The van der Waals surface area contributed by atoms with Crippen LogP contribution < -0.4 is 5.43 Å². The van der Waals surface area contributed by atoms with Gasteiger partial charge in [-0.2, -0.15) is 0 Å². The number of hydrogen-bond acceptors (Lipinski definition) is 2. The predicted octanol–water partition coefficient (Wildman–Crippen LogP) is 2.46. The second-order valence-corrected chi connectivity index (χ2v) is 4.05. The molecule has 92 valence electrons. The Morgan fingerprint density at radius 3 is 2.17 bits per heavy atom. The summed E-state index contributed by atoms with van der Waals surface area (Å²) in [4.78, 5) is 12.0. The van der Waals surface area contributed by atoms with Crippen molar-refractivity contribution in [2.24, 2.45) is 0 Å². The summed E-state index contributed by atoms with van der Waals surface area (Å²) in [5.74, 6) is -0.0356. The molecule has 0 heterocycles. The first-order chi connectivity index (χ1) is 8.77. The number of hydrogen-bond donors (Lipinski definition) is 1. The van der Waals surface area contributed by atoms with Gasteiger partial charge in [-0.25, -0.2) is 5.43 Å². The average Bonchev–Trinajstić information content (AvgIpc) is 2.46. The standard InChI is InChI=1S/C15H16N2O/c1-17(15(18)14-10-6-3-7-11-14)16-12-13-8-4-2-5-9-13/h2-11,16H,12H2,1H3. The van der Waals surface area contributed by atoms with Crippen LogP contribution in [0.25, 0.3) is 0 Å². The van der Waals surface area contributed by atoms with Gasteiger partial charge in [-0.15, -0.1) is 0 Å². The fraction of sp³-hybridized carbons (Fsp3) is 0.133. The highest BCUT2D eigenvalue weighted by Gasteiger charge is 2.09. The van der Waals surface area contributed by atoms with E-state index in [-0.39, 0.29) is 5.91 Å². The van der Waals surface area contributed by atoms with Crippen LogP contribution in [0.1, 0.15) is 15.9 Å². The van der Waals surface area contributed by atoms with Crippen LogP contribution in [0.5, 0.6) is 0 Å². The zero-order chi connectivity index (χ0) is 12.8. The molecule has 0 unspecified atom stereocenters. The zero-order valence-electron chi connectivity index (χ0n) is 10.3. The number of amides is 1. The summed E-state index contributed by atoms with van der Waals surface area (Å²) in [7, 11) is 1.73. The van der Waals surface area contributed by atoms with E-state index in [1.165, 1.54) is 5.01 Å². The van der Waals surface area contributed by atoms with E-state index < -0.39 is 0 Å². The molecule has 0 aliphatic carbocycles. The highest BCUT2D eigenvalue weighted by molar-refractivity contribution is 5.93. The number of carbonyl (C=O) groups excluding carboxylic acids is 1. The topological polar surface area (TPSA) is 32.3 Å². The summed E-state index contributed by atoms with van der Waals surface area (Å²) < 4.78 is 0. The molecule has 0 aromatic heterocycles. The third-order valence-electron chi connectivity index (χ3n) is 2.69. The van der Waals surface area contributed by atoms with Crippen molar-refractivity contribution in [3.63, 3.8) is 0 Å². The van der Waals surface area contributed by atoms with Crippen molar-refractivity contribution in [3.8, 4) is 0 Å². The van der Waals surface area contributed by atoms with E-state index in [1.807, 2.05) is 60.7 Å². The third-order valence-corrected chi connectivity index (χ3v) is 2.69. The molecule has 2 rings (SSSR count). The Bertz CT molecular complexity index is 496. The maximum absolute atomic E-state index is 12.0. The Labute approximate surface area is 107 Å². The summed E-state index contributed by atoms with van der Waals surface area (Å²) in [5.41, 5.74) is 4.91. The molecule has 3 nitrogen and oxygen atoms in total. The number of rotatable bonds is 4. The minimum absolute atomic E-state index is 0.0356. The van der Waals surface area contributed by atoms with E-state index in [0.717, 1.165) is 5.56 Å². The summed E-state index contributed by atoms with van der Waals surface area (Å²) in [5, 5.41) is 1.52. The second kappa shape index (κ2) is 5.98. The fourth-order valence-corrected chi connectivity index (χ4v) is 1.65. The van der Waals surface area contributed by atoms with Crippen molar-refractivity contribution in [1.29, 1.82) is 0 Å². The van der Waals surface area contributed by atoms with Crippen LogP contribution in [0.3, 0.4) is 0 Å². The van der Waals surface area contributed by atoms with Crippen molar-refractivity contribution in [3.05, 3.63) is 71.8 Å². The van der Waals surface area contributed by atoms with Gasteiger partial charge < -0.3 is 0 Å². The quantitative estimate of drug-likeness (QED) is 0.833. The molecule has 0 aliphatic rings.